The van der Waals surface area contributed by atoms with Crippen LogP contribution in [0, 0.1) is 44.2 Å². The Morgan fingerprint density at radius 1 is 0.365 bits per heavy atom. The third kappa shape index (κ3) is 15.7. The normalized spacial score (nSPS) is 12.9. The van der Waals surface area contributed by atoms with Crippen molar-refractivity contribution in [2.24, 2.45) is 10.8 Å². The van der Waals surface area contributed by atoms with E-state index in [1.807, 2.05) is 19.1 Å². The third-order valence-corrected chi connectivity index (χ3v) is 19.0. The van der Waals surface area contributed by atoms with Crippen LogP contribution in [0.4, 0.5) is 8.78 Å². The fourth-order valence-electron chi connectivity index (χ4n) is 14.6. The molecule has 0 unspecified atom stereocenters. The third-order valence-electron chi connectivity index (χ3n) is 19.0. The number of hydrogen-bond acceptors (Lipinski definition) is 4. The van der Waals surface area contributed by atoms with Gasteiger partial charge in [0.1, 0.15) is 34.6 Å². The zero-order valence-electron chi connectivity index (χ0n) is 62.7. The van der Waals surface area contributed by atoms with E-state index in [9.17, 15) is 10.2 Å². The molecule has 2 N–H and O–H groups in total. The van der Waals surface area contributed by atoms with Gasteiger partial charge in [-0.2, -0.15) is 0 Å². The van der Waals surface area contributed by atoms with Crippen molar-refractivity contribution in [3.63, 3.8) is 0 Å². The van der Waals surface area contributed by atoms with Gasteiger partial charge in [0.25, 0.3) is 0 Å². The molecule has 10 aromatic rings. The Hall–Kier alpha value is -6.70. The summed E-state index contributed by atoms with van der Waals surface area (Å²) >= 11 is 0. The Labute approximate surface area is 594 Å². The maximum Gasteiger partial charge on any atom is 2.00 e. The standard InChI is InChI=1S/C85H104F2N2O4.2CH3.Zr/c1-51-38-59(87)48-67(66-40-57(85(22,23)50-79(5,6)7)46-73(76(66)91)89-70-43-54(82(14,15)16)28-33-62(70)63-34-29-55(44-71(63)89)83(17,18)19)77(51)93-37-25-24-36-92-74-35-30-58(86)47-64(74)65-39-56(84(20,21)49-78(2,3)4)45-72(75(65)90)88-68-41-52(80(8,9)10)26-31-60(68)61-32-27-53(42-69(61)88)81(11,12)13;;;/h26-35,38-48,90-91H,24-25,36-37,49-50H2,1-23H3;2*1H3;/q;2*-1;+2. The number of aromatic hydroxyl groups is 2. The van der Waals surface area contributed by atoms with Gasteiger partial charge in [-0.1, -0.05) is 201 Å². The summed E-state index contributed by atoms with van der Waals surface area (Å²) in [4.78, 5) is 0. The molecular formula is C87H110F2N2O4Zr. The molecule has 2 aromatic heterocycles. The number of phenolic OH excluding ortho intramolecular Hbond substituents is 2. The van der Waals surface area contributed by atoms with Gasteiger partial charge in [0, 0.05) is 43.8 Å². The van der Waals surface area contributed by atoms with Crippen LogP contribution in [0.5, 0.6) is 23.0 Å². The van der Waals surface area contributed by atoms with Gasteiger partial charge in [-0.25, -0.2) is 8.78 Å². The Morgan fingerprint density at radius 2 is 0.698 bits per heavy atom. The second kappa shape index (κ2) is 27.2. The summed E-state index contributed by atoms with van der Waals surface area (Å²) in [6.45, 7) is 51.6. The molecule has 0 saturated heterocycles. The Kier molecular flexibility index (Phi) is 21.7. The SMILES string of the molecule is Cc1cc(F)cc(-c2cc(C(C)(C)CC(C)(C)C)cc(-n3c4cc(C(C)(C)C)ccc4c4ccc(C(C)(C)C)cc43)c2O)c1OCCCCOc1ccc(F)cc1-c1cc(C(C)(C)CC(C)(C)C)cc(-n2c3cc(C(C)(C)C)ccc3c3ccc(C(C)(C)C)cc32)c1O.[CH3-].[CH3-].[Zr+2]. The van der Waals surface area contributed by atoms with Gasteiger partial charge in [0.05, 0.1) is 46.7 Å². The van der Waals surface area contributed by atoms with Crippen LogP contribution in [0.2, 0.25) is 0 Å². The number of hydrogen-bond donors (Lipinski definition) is 2. The van der Waals surface area contributed by atoms with Crippen LogP contribution in [-0.2, 0) is 58.7 Å². The largest absolute Gasteiger partial charge is 2.00 e. The zero-order chi connectivity index (χ0) is 68.2. The molecule has 0 spiro atoms. The van der Waals surface area contributed by atoms with Crippen molar-refractivity contribution >= 4 is 43.6 Å². The molecule has 0 aliphatic carbocycles. The van der Waals surface area contributed by atoms with E-state index in [2.05, 4.69) is 246 Å². The van der Waals surface area contributed by atoms with Gasteiger partial charge in [0.15, 0.2) is 0 Å². The van der Waals surface area contributed by atoms with Gasteiger partial charge in [0.2, 0.25) is 0 Å². The van der Waals surface area contributed by atoms with Crippen LogP contribution in [0.25, 0.3) is 77.2 Å². The molecule has 6 nitrogen and oxygen atoms in total. The number of rotatable bonds is 15. The Balaban J connectivity index is 0.00000433. The molecule has 0 radical (unpaired) electrons. The Morgan fingerprint density at radius 3 is 1.04 bits per heavy atom. The number of phenols is 2. The van der Waals surface area contributed by atoms with E-state index in [1.165, 1.54) is 46.5 Å². The maximum absolute atomic E-state index is 16.2. The molecule has 0 bridgehead atoms. The van der Waals surface area contributed by atoms with Crippen LogP contribution in [0.1, 0.15) is 217 Å². The van der Waals surface area contributed by atoms with E-state index in [1.54, 1.807) is 6.07 Å². The molecule has 0 saturated carbocycles. The maximum atomic E-state index is 16.2. The molecule has 8 aromatic carbocycles. The summed E-state index contributed by atoms with van der Waals surface area (Å²) < 4.78 is 50.2. The topological polar surface area (TPSA) is 68.8 Å². The molecule has 9 heteroatoms. The first-order chi connectivity index (χ1) is 42.9. The minimum absolute atomic E-state index is 0. The van der Waals surface area contributed by atoms with Crippen molar-refractivity contribution in [3.05, 3.63) is 193 Å². The van der Waals surface area contributed by atoms with Crippen molar-refractivity contribution < 1.29 is 54.7 Å². The number of fused-ring (bicyclic) bond motifs is 6. The molecule has 510 valence electrons. The van der Waals surface area contributed by atoms with Gasteiger partial charge < -0.3 is 43.7 Å². The predicted octanol–water partition coefficient (Wildman–Crippen LogP) is 25.0. The van der Waals surface area contributed by atoms with Crippen molar-refractivity contribution in [1.82, 2.24) is 9.13 Å². The zero-order valence-corrected chi connectivity index (χ0v) is 65.2. The van der Waals surface area contributed by atoms with Crippen LogP contribution in [0.3, 0.4) is 0 Å². The summed E-state index contributed by atoms with van der Waals surface area (Å²) in [5.74, 6) is 0.124. The first-order valence-electron chi connectivity index (χ1n) is 33.7. The van der Waals surface area contributed by atoms with Crippen LogP contribution >= 0.6 is 0 Å². The van der Waals surface area contributed by atoms with Crippen molar-refractivity contribution in [1.29, 1.82) is 0 Å². The van der Waals surface area contributed by atoms with Gasteiger partial charge in [-0.05, 0) is 194 Å². The van der Waals surface area contributed by atoms with E-state index in [-0.39, 0.29) is 109 Å². The van der Waals surface area contributed by atoms with E-state index < -0.39 is 11.6 Å². The molecule has 0 fully saturated rings. The molecule has 0 aliphatic rings. The van der Waals surface area contributed by atoms with E-state index in [0.717, 1.165) is 67.6 Å². The summed E-state index contributed by atoms with van der Waals surface area (Å²) in [6, 6.07) is 42.7. The van der Waals surface area contributed by atoms with Crippen molar-refractivity contribution in [2.45, 2.75) is 217 Å². The summed E-state index contributed by atoms with van der Waals surface area (Å²) in [7, 11) is 0. The second-order valence-electron chi connectivity index (χ2n) is 34.8. The quantitative estimate of drug-likeness (QED) is 0.0793. The number of unbranched alkanes of at least 4 members (excludes halogenated alkanes) is 1. The average Bonchev–Trinajstić information content (AvgIpc) is 1.56. The predicted molar refractivity (Wildman–Crippen MR) is 402 cm³/mol. The second-order valence-corrected chi connectivity index (χ2v) is 34.8. The monoisotopic (exact) mass is 1370 g/mol. The van der Waals surface area contributed by atoms with E-state index in [4.69, 9.17) is 9.47 Å². The summed E-state index contributed by atoms with van der Waals surface area (Å²) in [6.07, 6.45) is 2.80. The van der Waals surface area contributed by atoms with E-state index >= 15 is 8.78 Å². The van der Waals surface area contributed by atoms with Crippen LogP contribution in [0.15, 0.2) is 127 Å². The molecule has 0 amide bonds. The summed E-state index contributed by atoms with van der Waals surface area (Å²) in [5, 5.41) is 30.6. The number of aromatic nitrogens is 2. The van der Waals surface area contributed by atoms with Crippen molar-refractivity contribution in [3.8, 4) is 56.6 Å². The van der Waals surface area contributed by atoms with E-state index in [0.29, 0.717) is 63.5 Å². The fourth-order valence-corrected chi connectivity index (χ4v) is 14.6. The number of nitrogens with zero attached hydrogens (tertiary/aromatic N) is 2. The van der Waals surface area contributed by atoms with Gasteiger partial charge >= 0.3 is 26.2 Å². The number of aryl methyl sites for hydroxylation is 1. The molecule has 2 heterocycles. The first-order valence-corrected chi connectivity index (χ1v) is 33.7. The number of halogens is 2. The summed E-state index contributed by atoms with van der Waals surface area (Å²) in [5.41, 5.74) is 13.0. The molecule has 0 atom stereocenters. The molecule has 10 rings (SSSR count). The molecule has 96 heavy (non-hydrogen) atoms. The van der Waals surface area contributed by atoms with Crippen LogP contribution in [-0.4, -0.2) is 32.6 Å². The molecule has 0 aliphatic heterocycles. The fraction of sp³-hybridized carbons (Fsp3) is 0.425. The van der Waals surface area contributed by atoms with Crippen molar-refractivity contribution in [2.75, 3.05) is 13.2 Å². The van der Waals surface area contributed by atoms with Gasteiger partial charge in [-0.15, -0.1) is 0 Å². The number of ether oxygens (including phenoxy) is 2. The smallest absolute Gasteiger partial charge is 0.505 e. The first kappa shape index (κ1) is 76.7. The van der Waals surface area contributed by atoms with Crippen LogP contribution < -0.4 is 9.47 Å². The molecular weight excluding hydrogens is 1270 g/mol. The van der Waals surface area contributed by atoms with Gasteiger partial charge in [-0.3, -0.25) is 0 Å². The Bertz CT molecular complexity index is 4370. The average molecular weight is 1380 g/mol. The number of benzene rings is 8. The minimum Gasteiger partial charge on any atom is -0.505 e. The minimum atomic E-state index is -0.445.